The summed E-state index contributed by atoms with van der Waals surface area (Å²) in [5, 5.41) is 17.3. The average molecular weight is 441 g/mol. The van der Waals surface area contributed by atoms with E-state index in [0.29, 0.717) is 6.54 Å². The summed E-state index contributed by atoms with van der Waals surface area (Å²) in [7, 11) is 0. The number of aromatic nitrogens is 5. The Bertz CT molecular complexity index is 1490. The lowest BCUT2D eigenvalue weighted by Gasteiger charge is -2.10. The lowest BCUT2D eigenvalue weighted by atomic mass is 10.1. The molecule has 6 aromatic rings. The zero-order chi connectivity index (χ0) is 20.6. The molecule has 0 saturated heterocycles. The van der Waals surface area contributed by atoms with Crippen LogP contribution in [0.5, 0.6) is 0 Å². The van der Waals surface area contributed by atoms with Crippen LogP contribution < -0.4 is 5.32 Å². The van der Waals surface area contributed by atoms with Crippen molar-refractivity contribution in [2.24, 2.45) is 0 Å². The number of pyridine rings is 1. The van der Waals surface area contributed by atoms with Crippen molar-refractivity contribution in [2.75, 3.05) is 5.32 Å². The van der Waals surface area contributed by atoms with Gasteiger partial charge in [0, 0.05) is 17.1 Å². The fraction of sp³-hybridized carbons (Fsp3) is 0.0435. The van der Waals surface area contributed by atoms with E-state index in [-0.39, 0.29) is 0 Å². The highest BCUT2D eigenvalue weighted by molar-refractivity contribution is 7.17. The van der Waals surface area contributed by atoms with Crippen LogP contribution in [0.2, 0.25) is 0 Å². The molecule has 6 nitrogen and oxygen atoms in total. The molecular weight excluding hydrogens is 424 g/mol. The lowest BCUT2D eigenvalue weighted by molar-refractivity contribution is 0.913. The summed E-state index contributed by atoms with van der Waals surface area (Å²) in [6, 6.07) is 20.3. The number of nitrogens with zero attached hydrogens (tertiary/aromatic N) is 5. The highest BCUT2D eigenvalue weighted by atomic mass is 32.1. The second kappa shape index (κ2) is 7.57. The van der Waals surface area contributed by atoms with E-state index in [9.17, 15) is 0 Å². The van der Waals surface area contributed by atoms with Gasteiger partial charge in [-0.1, -0.05) is 42.5 Å². The molecule has 0 saturated carbocycles. The summed E-state index contributed by atoms with van der Waals surface area (Å²) in [6.07, 6.45) is 1.97. The van der Waals surface area contributed by atoms with Crippen LogP contribution in [-0.4, -0.2) is 24.6 Å². The summed E-state index contributed by atoms with van der Waals surface area (Å²) >= 11 is 3.28. The number of hydrogen-bond donors (Lipinski definition) is 1. The molecule has 8 heteroatoms. The van der Waals surface area contributed by atoms with Gasteiger partial charge in [0.25, 0.3) is 0 Å². The molecule has 5 aromatic heterocycles. The largest absolute Gasteiger partial charge is 0.362 e. The van der Waals surface area contributed by atoms with E-state index < -0.39 is 0 Å². The summed E-state index contributed by atoms with van der Waals surface area (Å²) in [4.78, 5) is 11.8. The molecule has 0 amide bonds. The van der Waals surface area contributed by atoms with Gasteiger partial charge in [-0.25, -0.2) is 9.97 Å². The van der Waals surface area contributed by atoms with Crippen molar-refractivity contribution < 1.29 is 0 Å². The van der Waals surface area contributed by atoms with Crippen LogP contribution >= 0.6 is 22.7 Å². The topological polar surface area (TPSA) is 68.0 Å². The van der Waals surface area contributed by atoms with Crippen LogP contribution in [0.3, 0.4) is 0 Å². The van der Waals surface area contributed by atoms with Gasteiger partial charge in [-0.3, -0.25) is 4.40 Å². The maximum Gasteiger partial charge on any atom is 0.173 e. The van der Waals surface area contributed by atoms with Gasteiger partial charge < -0.3 is 5.32 Å². The number of benzene rings is 1. The van der Waals surface area contributed by atoms with Crippen LogP contribution in [0.4, 0.5) is 5.82 Å². The molecule has 0 spiro atoms. The second-order valence-corrected chi connectivity index (χ2v) is 8.77. The first-order valence-electron chi connectivity index (χ1n) is 9.78. The average Bonchev–Trinajstić information content (AvgIpc) is 3.58. The minimum atomic E-state index is 0.505. The third kappa shape index (κ3) is 3.26. The maximum atomic E-state index is 4.92. The molecule has 1 aromatic carbocycles. The minimum Gasteiger partial charge on any atom is -0.362 e. The summed E-state index contributed by atoms with van der Waals surface area (Å²) in [5.41, 5.74) is 3.11. The maximum absolute atomic E-state index is 4.92. The number of thiophene rings is 2. The molecule has 1 N–H and O–H groups in total. The third-order valence-corrected chi connectivity index (χ3v) is 6.80. The molecular formula is C23H16N6S2. The monoisotopic (exact) mass is 440 g/mol. The van der Waals surface area contributed by atoms with Crippen LogP contribution in [0, 0.1) is 0 Å². The predicted octanol–water partition coefficient (Wildman–Crippen LogP) is 5.74. The SMILES string of the molecule is c1ccc(-c2csc3nc(-c4cccs4)nc(NCc4nnc5ccccn45)c23)cc1. The van der Waals surface area contributed by atoms with Gasteiger partial charge in [0.1, 0.15) is 10.6 Å². The zero-order valence-electron chi connectivity index (χ0n) is 16.3. The van der Waals surface area contributed by atoms with Crippen molar-refractivity contribution in [3.63, 3.8) is 0 Å². The Morgan fingerprint density at radius 1 is 0.871 bits per heavy atom. The molecule has 150 valence electrons. The van der Waals surface area contributed by atoms with E-state index in [1.165, 1.54) is 0 Å². The van der Waals surface area contributed by atoms with Gasteiger partial charge in [-0.15, -0.1) is 32.9 Å². The van der Waals surface area contributed by atoms with Gasteiger partial charge in [-0.05, 0) is 29.1 Å². The Morgan fingerprint density at radius 3 is 2.65 bits per heavy atom. The number of fused-ring (bicyclic) bond motifs is 2. The smallest absolute Gasteiger partial charge is 0.173 e. The fourth-order valence-electron chi connectivity index (χ4n) is 3.59. The fourth-order valence-corrected chi connectivity index (χ4v) is 5.19. The Kier molecular flexibility index (Phi) is 4.44. The van der Waals surface area contributed by atoms with Gasteiger partial charge in [-0.2, -0.15) is 0 Å². The van der Waals surface area contributed by atoms with Crippen LogP contribution in [0.15, 0.2) is 77.6 Å². The molecule has 0 fully saturated rings. The molecule has 5 heterocycles. The van der Waals surface area contributed by atoms with Crippen molar-refractivity contribution in [1.29, 1.82) is 0 Å². The quantitative estimate of drug-likeness (QED) is 0.370. The Balaban J connectivity index is 1.47. The Morgan fingerprint density at radius 2 is 1.77 bits per heavy atom. The second-order valence-electron chi connectivity index (χ2n) is 6.97. The minimum absolute atomic E-state index is 0.505. The standard InChI is InChI=1S/C23H16N6S2/c1-2-7-15(8-3-1)16-14-31-23-20(16)22(25-21(26-23)17-9-6-12-30-17)24-13-19-28-27-18-10-4-5-11-29(18)19/h1-12,14H,13H2,(H,24,25,26). The zero-order valence-corrected chi connectivity index (χ0v) is 17.9. The number of nitrogens with one attached hydrogen (secondary N) is 1. The number of anilines is 1. The summed E-state index contributed by atoms with van der Waals surface area (Å²) < 4.78 is 1.98. The Labute approximate surface area is 185 Å². The normalized spacial score (nSPS) is 11.4. The molecule has 0 unspecified atom stereocenters. The molecule has 0 aliphatic carbocycles. The highest BCUT2D eigenvalue weighted by Crippen LogP contribution is 2.38. The van der Waals surface area contributed by atoms with E-state index in [1.54, 1.807) is 22.7 Å². The van der Waals surface area contributed by atoms with E-state index >= 15 is 0 Å². The van der Waals surface area contributed by atoms with E-state index in [0.717, 1.165) is 49.3 Å². The van der Waals surface area contributed by atoms with Crippen LogP contribution in [0.1, 0.15) is 5.82 Å². The van der Waals surface area contributed by atoms with E-state index in [2.05, 4.69) is 45.2 Å². The molecule has 0 bridgehead atoms. The van der Waals surface area contributed by atoms with Crippen molar-refractivity contribution in [2.45, 2.75) is 6.54 Å². The molecule has 6 rings (SSSR count). The van der Waals surface area contributed by atoms with Crippen LogP contribution in [0.25, 0.3) is 37.7 Å². The van der Waals surface area contributed by atoms with Crippen molar-refractivity contribution in [3.8, 4) is 21.8 Å². The first-order valence-corrected chi connectivity index (χ1v) is 11.5. The molecule has 0 aliphatic heterocycles. The first-order chi connectivity index (χ1) is 15.4. The van der Waals surface area contributed by atoms with Crippen molar-refractivity contribution >= 4 is 44.4 Å². The molecule has 0 radical (unpaired) electrons. The van der Waals surface area contributed by atoms with Crippen molar-refractivity contribution in [3.05, 3.63) is 83.4 Å². The summed E-state index contributed by atoms with van der Waals surface area (Å²) in [6.45, 7) is 0.505. The molecule has 31 heavy (non-hydrogen) atoms. The van der Waals surface area contributed by atoms with Gasteiger partial charge >= 0.3 is 0 Å². The third-order valence-electron chi connectivity index (χ3n) is 5.06. The van der Waals surface area contributed by atoms with Gasteiger partial charge in [0.2, 0.25) is 0 Å². The number of hydrogen-bond acceptors (Lipinski definition) is 7. The van der Waals surface area contributed by atoms with Gasteiger partial charge in [0.15, 0.2) is 17.3 Å². The first kappa shape index (κ1) is 18.2. The van der Waals surface area contributed by atoms with E-state index in [1.807, 2.05) is 52.4 Å². The number of rotatable bonds is 5. The summed E-state index contributed by atoms with van der Waals surface area (Å²) in [5.74, 6) is 2.37. The van der Waals surface area contributed by atoms with Crippen molar-refractivity contribution in [1.82, 2.24) is 24.6 Å². The molecule has 0 atom stereocenters. The van der Waals surface area contributed by atoms with E-state index in [4.69, 9.17) is 9.97 Å². The predicted molar refractivity (Wildman–Crippen MR) is 126 cm³/mol. The van der Waals surface area contributed by atoms with Crippen LogP contribution in [-0.2, 0) is 6.54 Å². The highest BCUT2D eigenvalue weighted by Gasteiger charge is 2.17. The Hall–Kier alpha value is -3.62. The molecule has 0 aliphatic rings. The van der Waals surface area contributed by atoms with Gasteiger partial charge in [0.05, 0.1) is 16.8 Å². The lowest BCUT2D eigenvalue weighted by Crippen LogP contribution is -2.07.